The van der Waals surface area contributed by atoms with Gasteiger partial charge in [-0.1, -0.05) is 43.8 Å². The standard InChI is InChI=1S/C31H35N3O5S/c1-31(2)15-23-29(24(35)16-31)28(20-7-9-21(37-3)10-8-20)22(17-32)30(34-23)40-18-27(36)33-13-12-19-6-11-25(38-4)26(14-19)39-5/h6-11,14,28,34H,12-13,15-16,18H2,1-5H3,(H,33,36)/t28-/m0/s1. The number of hydrogen-bond acceptors (Lipinski definition) is 8. The highest BCUT2D eigenvalue weighted by molar-refractivity contribution is 8.03. The van der Waals surface area contributed by atoms with E-state index in [0.29, 0.717) is 59.2 Å². The Balaban J connectivity index is 1.49. The van der Waals surface area contributed by atoms with Gasteiger partial charge in [0.15, 0.2) is 17.3 Å². The third-order valence-corrected chi connectivity index (χ3v) is 8.12. The van der Waals surface area contributed by atoms with Crippen LogP contribution in [0.5, 0.6) is 17.2 Å². The third-order valence-electron chi connectivity index (χ3n) is 7.11. The van der Waals surface area contributed by atoms with Crippen LogP contribution in [0.25, 0.3) is 0 Å². The lowest BCUT2D eigenvalue weighted by molar-refractivity contribution is -0.119. The molecule has 2 aromatic carbocycles. The number of ketones is 1. The number of nitriles is 1. The number of nitrogens with zero attached hydrogens (tertiary/aromatic N) is 1. The van der Waals surface area contributed by atoms with Gasteiger partial charge < -0.3 is 24.8 Å². The summed E-state index contributed by atoms with van der Waals surface area (Å²) in [5.41, 5.74) is 3.58. The minimum Gasteiger partial charge on any atom is -0.497 e. The molecule has 0 spiro atoms. The molecule has 1 aliphatic carbocycles. The molecule has 1 aliphatic heterocycles. The van der Waals surface area contributed by atoms with Crippen LogP contribution >= 0.6 is 11.8 Å². The van der Waals surface area contributed by atoms with Crippen molar-refractivity contribution in [2.75, 3.05) is 33.6 Å². The maximum Gasteiger partial charge on any atom is 0.230 e. The molecule has 2 N–H and O–H groups in total. The summed E-state index contributed by atoms with van der Waals surface area (Å²) in [6.07, 6.45) is 1.74. The Kier molecular flexibility index (Phi) is 9.10. The first-order valence-electron chi connectivity index (χ1n) is 13.1. The molecule has 40 heavy (non-hydrogen) atoms. The Hall–Kier alpha value is -3.90. The average Bonchev–Trinajstić information content (AvgIpc) is 2.94. The van der Waals surface area contributed by atoms with Gasteiger partial charge in [0, 0.05) is 24.2 Å². The third kappa shape index (κ3) is 6.45. The molecule has 0 saturated heterocycles. The highest BCUT2D eigenvalue weighted by atomic mass is 32.2. The molecule has 8 nitrogen and oxygen atoms in total. The predicted octanol–water partition coefficient (Wildman–Crippen LogP) is 4.87. The second kappa shape index (κ2) is 12.5. The SMILES string of the molecule is COc1ccc([C@H]2C(C#N)=C(SCC(=O)NCCc3ccc(OC)c(OC)c3)NC3=C2C(=O)CC(C)(C)C3)cc1. The normalized spacial score (nSPS) is 17.9. The number of methoxy groups -OCH3 is 3. The first-order valence-corrected chi connectivity index (χ1v) is 14.1. The molecular weight excluding hydrogens is 526 g/mol. The minimum atomic E-state index is -0.494. The Labute approximate surface area is 239 Å². The zero-order valence-corrected chi connectivity index (χ0v) is 24.4. The molecule has 210 valence electrons. The van der Waals surface area contributed by atoms with E-state index in [4.69, 9.17) is 14.2 Å². The van der Waals surface area contributed by atoms with Crippen LogP contribution < -0.4 is 24.8 Å². The van der Waals surface area contributed by atoms with Gasteiger partial charge in [-0.3, -0.25) is 9.59 Å². The molecule has 4 rings (SSSR count). The summed E-state index contributed by atoms with van der Waals surface area (Å²) in [5, 5.41) is 17.2. The maximum atomic E-state index is 13.4. The lowest BCUT2D eigenvalue weighted by Gasteiger charge is -2.39. The van der Waals surface area contributed by atoms with E-state index in [2.05, 4.69) is 30.6 Å². The van der Waals surface area contributed by atoms with E-state index in [1.165, 1.54) is 11.8 Å². The van der Waals surface area contributed by atoms with E-state index >= 15 is 0 Å². The number of amides is 1. The Morgan fingerprint density at radius 3 is 2.45 bits per heavy atom. The highest BCUT2D eigenvalue weighted by Crippen LogP contribution is 2.48. The zero-order chi connectivity index (χ0) is 28.9. The second-order valence-electron chi connectivity index (χ2n) is 10.6. The minimum absolute atomic E-state index is 0.0456. The Bertz CT molecular complexity index is 1390. The van der Waals surface area contributed by atoms with Crippen LogP contribution in [-0.4, -0.2) is 45.3 Å². The molecule has 0 aromatic heterocycles. The van der Waals surface area contributed by atoms with Gasteiger partial charge in [0.1, 0.15) is 5.75 Å². The van der Waals surface area contributed by atoms with Gasteiger partial charge in [-0.15, -0.1) is 0 Å². The molecule has 1 amide bonds. The topological polar surface area (TPSA) is 110 Å². The monoisotopic (exact) mass is 561 g/mol. The number of dihydropyridines is 1. The van der Waals surface area contributed by atoms with Crippen molar-refractivity contribution in [2.24, 2.45) is 5.41 Å². The molecule has 2 aliphatic rings. The van der Waals surface area contributed by atoms with Crippen LogP contribution in [0.4, 0.5) is 0 Å². The van der Waals surface area contributed by atoms with Gasteiger partial charge in [-0.05, 0) is 53.6 Å². The molecule has 0 fully saturated rings. The number of hydrogen-bond donors (Lipinski definition) is 2. The molecule has 0 saturated carbocycles. The van der Waals surface area contributed by atoms with Crippen molar-refractivity contribution in [3.05, 3.63) is 75.5 Å². The molecular formula is C31H35N3O5S. The van der Waals surface area contributed by atoms with Crippen molar-refractivity contribution in [3.63, 3.8) is 0 Å². The number of thioether (sulfide) groups is 1. The summed E-state index contributed by atoms with van der Waals surface area (Å²) in [6, 6.07) is 15.5. The molecule has 0 bridgehead atoms. The number of carbonyl (C=O) groups is 2. The first-order chi connectivity index (χ1) is 19.2. The Morgan fingerprint density at radius 1 is 1.07 bits per heavy atom. The fourth-order valence-corrected chi connectivity index (χ4v) is 6.08. The van der Waals surface area contributed by atoms with Gasteiger partial charge >= 0.3 is 0 Å². The van der Waals surface area contributed by atoms with Crippen LogP contribution in [0.1, 0.15) is 43.7 Å². The molecule has 0 radical (unpaired) electrons. The molecule has 0 unspecified atom stereocenters. The van der Waals surface area contributed by atoms with E-state index in [1.54, 1.807) is 21.3 Å². The van der Waals surface area contributed by atoms with Crippen molar-refractivity contribution in [3.8, 4) is 23.3 Å². The zero-order valence-electron chi connectivity index (χ0n) is 23.6. The summed E-state index contributed by atoms with van der Waals surface area (Å²) in [4.78, 5) is 26.1. The lowest BCUT2D eigenvalue weighted by Crippen LogP contribution is -2.37. The van der Waals surface area contributed by atoms with Gasteiger partial charge in [0.05, 0.1) is 49.7 Å². The van der Waals surface area contributed by atoms with Gasteiger partial charge in [0.25, 0.3) is 0 Å². The van der Waals surface area contributed by atoms with Crippen LogP contribution in [0.3, 0.4) is 0 Å². The van der Waals surface area contributed by atoms with Crippen molar-refractivity contribution in [1.29, 1.82) is 5.26 Å². The van der Waals surface area contributed by atoms with E-state index in [9.17, 15) is 14.9 Å². The fraction of sp³-hybridized carbons (Fsp3) is 0.387. The second-order valence-corrected chi connectivity index (χ2v) is 11.6. The summed E-state index contributed by atoms with van der Waals surface area (Å²) in [5.74, 6) is 1.54. The number of Topliss-reactive ketones (excluding diaryl/α,β-unsaturated/α-hetero) is 1. The predicted molar refractivity (Wildman–Crippen MR) is 155 cm³/mol. The number of allylic oxidation sites excluding steroid dienone is 3. The largest absolute Gasteiger partial charge is 0.497 e. The van der Waals surface area contributed by atoms with E-state index in [1.807, 2.05) is 42.5 Å². The number of ether oxygens (including phenoxy) is 3. The average molecular weight is 562 g/mol. The molecule has 2 aromatic rings. The van der Waals surface area contributed by atoms with Crippen LogP contribution in [0, 0.1) is 16.7 Å². The van der Waals surface area contributed by atoms with Gasteiger partial charge in [0.2, 0.25) is 5.91 Å². The van der Waals surface area contributed by atoms with Gasteiger partial charge in [-0.2, -0.15) is 5.26 Å². The molecule has 9 heteroatoms. The van der Waals surface area contributed by atoms with E-state index in [0.717, 1.165) is 16.8 Å². The van der Waals surface area contributed by atoms with Crippen LogP contribution in [0.2, 0.25) is 0 Å². The van der Waals surface area contributed by atoms with Crippen molar-refractivity contribution < 1.29 is 23.8 Å². The first kappa shape index (κ1) is 29.1. The number of carbonyl (C=O) groups excluding carboxylic acids is 2. The summed E-state index contributed by atoms with van der Waals surface area (Å²) >= 11 is 1.29. The molecule has 1 atom stereocenters. The maximum absolute atomic E-state index is 13.4. The summed E-state index contributed by atoms with van der Waals surface area (Å²) in [6.45, 7) is 4.60. The molecule has 1 heterocycles. The fourth-order valence-electron chi connectivity index (χ4n) is 5.19. The van der Waals surface area contributed by atoms with Gasteiger partial charge in [-0.25, -0.2) is 0 Å². The van der Waals surface area contributed by atoms with E-state index < -0.39 is 5.92 Å². The van der Waals surface area contributed by atoms with Crippen molar-refractivity contribution in [2.45, 2.75) is 39.0 Å². The number of nitrogens with one attached hydrogen (secondary N) is 2. The van der Waals surface area contributed by atoms with E-state index in [-0.39, 0.29) is 22.9 Å². The smallest absolute Gasteiger partial charge is 0.230 e. The number of benzene rings is 2. The van der Waals surface area contributed by atoms with Crippen LogP contribution in [-0.2, 0) is 16.0 Å². The van der Waals surface area contributed by atoms with Crippen molar-refractivity contribution >= 4 is 23.5 Å². The Morgan fingerprint density at radius 2 is 1.80 bits per heavy atom. The quantitative estimate of drug-likeness (QED) is 0.423. The summed E-state index contributed by atoms with van der Waals surface area (Å²) < 4.78 is 15.9. The highest BCUT2D eigenvalue weighted by Gasteiger charge is 2.42. The number of rotatable bonds is 10. The van der Waals surface area contributed by atoms with Crippen molar-refractivity contribution in [1.82, 2.24) is 10.6 Å². The lowest BCUT2D eigenvalue weighted by atomic mass is 9.69. The van der Waals surface area contributed by atoms with Crippen LogP contribution in [0.15, 0.2) is 64.3 Å². The summed E-state index contributed by atoms with van der Waals surface area (Å²) in [7, 11) is 4.78.